The molecule has 84 valence electrons. The highest BCUT2D eigenvalue weighted by atomic mass is 32.1. The Hall–Kier alpha value is -1.80. The van der Waals surface area contributed by atoms with Gasteiger partial charge in [0, 0.05) is 5.56 Å². The Morgan fingerprint density at radius 2 is 1.94 bits per heavy atom. The van der Waals surface area contributed by atoms with Gasteiger partial charge in [0.25, 0.3) is 0 Å². The van der Waals surface area contributed by atoms with Crippen molar-refractivity contribution in [2.75, 3.05) is 0 Å². The first-order chi connectivity index (χ1) is 8.43. The van der Waals surface area contributed by atoms with Crippen molar-refractivity contribution in [3.05, 3.63) is 65.6 Å². The lowest BCUT2D eigenvalue weighted by atomic mass is 10.1. The lowest BCUT2D eigenvalue weighted by molar-refractivity contribution is 0.495. The number of rotatable bonds is 3. The first kappa shape index (κ1) is 10.4. The van der Waals surface area contributed by atoms with E-state index in [0.29, 0.717) is 0 Å². The van der Waals surface area contributed by atoms with E-state index < -0.39 is 0 Å². The van der Waals surface area contributed by atoms with E-state index in [0.717, 1.165) is 17.2 Å². The topological polar surface area (TPSA) is 9.23 Å². The van der Waals surface area contributed by atoms with Crippen LogP contribution in [0.2, 0.25) is 0 Å². The maximum Gasteiger partial charge on any atom is 0.188 e. The summed E-state index contributed by atoms with van der Waals surface area (Å²) in [4.78, 5) is 0. The molecule has 0 spiro atoms. The Kier molecular flexibility index (Phi) is 2.80. The van der Waals surface area contributed by atoms with Crippen LogP contribution in [0.1, 0.15) is 12.0 Å². The molecule has 2 aromatic rings. The molecule has 0 radical (unpaired) electrons. The van der Waals surface area contributed by atoms with Crippen LogP contribution >= 0.6 is 11.3 Å². The molecule has 3 rings (SSSR count). The van der Waals surface area contributed by atoms with Gasteiger partial charge in [-0.2, -0.15) is 0 Å². The minimum atomic E-state index is 0.891. The van der Waals surface area contributed by atoms with Crippen molar-refractivity contribution in [3.63, 3.8) is 0 Å². The maximum absolute atomic E-state index is 5.91. The zero-order valence-electron chi connectivity index (χ0n) is 9.30. The molecular formula is C15H12OS. The molecule has 17 heavy (non-hydrogen) atoms. The van der Waals surface area contributed by atoms with Crippen LogP contribution in [0.4, 0.5) is 0 Å². The molecule has 1 aliphatic carbocycles. The van der Waals surface area contributed by atoms with E-state index in [1.165, 1.54) is 11.1 Å². The fourth-order valence-electron chi connectivity index (χ4n) is 1.86. The minimum absolute atomic E-state index is 0.891. The van der Waals surface area contributed by atoms with Gasteiger partial charge in [0.05, 0.1) is 0 Å². The third kappa shape index (κ3) is 2.17. The molecule has 1 heterocycles. The average molecular weight is 240 g/mol. The molecular weight excluding hydrogens is 228 g/mol. The van der Waals surface area contributed by atoms with Crippen molar-refractivity contribution in [2.24, 2.45) is 0 Å². The number of benzene rings is 1. The summed E-state index contributed by atoms with van der Waals surface area (Å²) in [6.07, 6.45) is 7.42. The molecule has 1 aromatic heterocycles. The van der Waals surface area contributed by atoms with Gasteiger partial charge in [-0.1, -0.05) is 36.4 Å². The molecule has 0 unspecified atom stereocenters. The maximum atomic E-state index is 5.91. The predicted octanol–water partition coefficient (Wildman–Crippen LogP) is 4.88. The monoisotopic (exact) mass is 240 g/mol. The van der Waals surface area contributed by atoms with Crippen molar-refractivity contribution >= 4 is 16.9 Å². The Labute approximate surface area is 105 Å². The van der Waals surface area contributed by atoms with E-state index in [-0.39, 0.29) is 0 Å². The van der Waals surface area contributed by atoms with Gasteiger partial charge in [-0.3, -0.25) is 0 Å². The summed E-state index contributed by atoms with van der Waals surface area (Å²) >= 11 is 1.64. The summed E-state index contributed by atoms with van der Waals surface area (Å²) in [5.41, 5.74) is 2.54. The third-order valence-corrected chi connectivity index (χ3v) is 3.49. The van der Waals surface area contributed by atoms with Crippen LogP contribution in [0.25, 0.3) is 5.57 Å². The van der Waals surface area contributed by atoms with Crippen LogP contribution in [-0.2, 0) is 0 Å². The molecule has 0 N–H and O–H groups in total. The van der Waals surface area contributed by atoms with Crippen LogP contribution in [0.3, 0.4) is 0 Å². The van der Waals surface area contributed by atoms with E-state index >= 15 is 0 Å². The number of para-hydroxylation sites is 1. The largest absolute Gasteiger partial charge is 0.446 e. The normalized spacial score (nSPS) is 13.8. The molecule has 0 fully saturated rings. The second kappa shape index (κ2) is 4.60. The third-order valence-electron chi connectivity index (χ3n) is 2.70. The van der Waals surface area contributed by atoms with Crippen molar-refractivity contribution < 1.29 is 4.74 Å². The van der Waals surface area contributed by atoms with Crippen LogP contribution < -0.4 is 4.74 Å². The van der Waals surface area contributed by atoms with Crippen LogP contribution in [-0.4, -0.2) is 0 Å². The highest BCUT2D eigenvalue weighted by Crippen LogP contribution is 2.37. The molecule has 0 saturated carbocycles. The van der Waals surface area contributed by atoms with Crippen molar-refractivity contribution in [1.82, 2.24) is 0 Å². The summed E-state index contributed by atoms with van der Waals surface area (Å²) in [5.74, 6) is 0.891. The van der Waals surface area contributed by atoms with Gasteiger partial charge < -0.3 is 4.74 Å². The lowest BCUT2D eigenvalue weighted by Gasteiger charge is -2.06. The number of thiophene rings is 1. The molecule has 0 saturated heterocycles. The van der Waals surface area contributed by atoms with Crippen molar-refractivity contribution in [3.8, 4) is 10.8 Å². The highest BCUT2D eigenvalue weighted by Gasteiger charge is 2.11. The van der Waals surface area contributed by atoms with E-state index in [4.69, 9.17) is 4.74 Å². The molecule has 0 bridgehead atoms. The Morgan fingerprint density at radius 3 is 2.71 bits per heavy atom. The molecule has 0 atom stereocenters. The molecule has 0 amide bonds. The number of ether oxygens (including phenoxy) is 1. The van der Waals surface area contributed by atoms with E-state index in [9.17, 15) is 0 Å². The zero-order chi connectivity index (χ0) is 11.5. The first-order valence-electron chi connectivity index (χ1n) is 5.60. The quantitative estimate of drug-likeness (QED) is 0.742. The summed E-state index contributed by atoms with van der Waals surface area (Å²) in [6.45, 7) is 0. The Bertz CT molecular complexity index is 564. The fraction of sp³-hybridized carbons (Fsp3) is 0.0667. The summed E-state index contributed by atoms with van der Waals surface area (Å²) in [7, 11) is 0. The Morgan fingerprint density at radius 1 is 1.06 bits per heavy atom. The lowest BCUT2D eigenvalue weighted by Crippen LogP contribution is -1.85. The predicted molar refractivity (Wildman–Crippen MR) is 72.6 cm³/mol. The second-order valence-electron chi connectivity index (χ2n) is 3.86. The second-order valence-corrected chi connectivity index (χ2v) is 4.74. The van der Waals surface area contributed by atoms with E-state index in [2.05, 4.69) is 29.7 Å². The van der Waals surface area contributed by atoms with Gasteiger partial charge in [0.1, 0.15) is 5.75 Å². The first-order valence-corrected chi connectivity index (χ1v) is 6.48. The molecule has 1 nitrogen and oxygen atoms in total. The van der Waals surface area contributed by atoms with E-state index in [1.54, 1.807) is 11.3 Å². The summed E-state index contributed by atoms with van der Waals surface area (Å²) in [6, 6.07) is 12.0. The van der Waals surface area contributed by atoms with Crippen LogP contribution in [0, 0.1) is 0 Å². The minimum Gasteiger partial charge on any atom is -0.446 e. The molecule has 1 aromatic carbocycles. The molecule has 1 aliphatic rings. The molecule has 2 heteroatoms. The van der Waals surface area contributed by atoms with E-state index in [1.807, 2.05) is 30.3 Å². The van der Waals surface area contributed by atoms with Gasteiger partial charge in [-0.15, -0.1) is 11.3 Å². The van der Waals surface area contributed by atoms with Gasteiger partial charge in [0.15, 0.2) is 5.06 Å². The summed E-state index contributed by atoms with van der Waals surface area (Å²) in [5, 5.41) is 3.05. The number of hydrogen-bond acceptors (Lipinski definition) is 2. The van der Waals surface area contributed by atoms with Crippen molar-refractivity contribution in [2.45, 2.75) is 6.42 Å². The Balaban J connectivity index is 1.87. The SMILES string of the molecule is C1=CCC(c2ccsc2Oc2ccccc2)=C1. The van der Waals surface area contributed by atoms with Gasteiger partial charge in [-0.05, 0) is 35.6 Å². The summed E-state index contributed by atoms with van der Waals surface area (Å²) < 4.78 is 5.91. The van der Waals surface area contributed by atoms with Gasteiger partial charge in [-0.25, -0.2) is 0 Å². The zero-order valence-corrected chi connectivity index (χ0v) is 10.1. The van der Waals surface area contributed by atoms with Crippen LogP contribution in [0.5, 0.6) is 10.8 Å². The number of allylic oxidation sites excluding steroid dienone is 4. The smallest absolute Gasteiger partial charge is 0.188 e. The number of hydrogen-bond donors (Lipinski definition) is 0. The fourth-order valence-corrected chi connectivity index (χ4v) is 2.65. The van der Waals surface area contributed by atoms with Crippen molar-refractivity contribution in [1.29, 1.82) is 0 Å². The standard InChI is InChI=1S/C15H12OS/c1-2-8-13(9-3-1)16-15-14(10-11-17-15)12-6-4-5-7-12/h1-6,8-11H,7H2. The highest BCUT2D eigenvalue weighted by molar-refractivity contribution is 7.12. The average Bonchev–Trinajstić information content (AvgIpc) is 3.00. The van der Waals surface area contributed by atoms with Crippen LogP contribution in [0.15, 0.2) is 60.0 Å². The van der Waals surface area contributed by atoms with Gasteiger partial charge >= 0.3 is 0 Å². The van der Waals surface area contributed by atoms with Gasteiger partial charge in [0.2, 0.25) is 0 Å². The molecule has 0 aliphatic heterocycles.